The zero-order valence-corrected chi connectivity index (χ0v) is 19.9. The molecule has 190 valence electrons. The van der Waals surface area contributed by atoms with Crippen LogP contribution < -0.4 is 22.1 Å². The van der Waals surface area contributed by atoms with Crippen molar-refractivity contribution in [1.82, 2.24) is 14.9 Å². The lowest BCUT2D eigenvalue weighted by atomic mass is 9.91. The highest BCUT2D eigenvalue weighted by atomic mass is 19.1. The number of primary amides is 1. The first kappa shape index (κ1) is 24.0. The van der Waals surface area contributed by atoms with Gasteiger partial charge in [0, 0.05) is 41.8 Å². The summed E-state index contributed by atoms with van der Waals surface area (Å²) in [6.45, 7) is 2.15. The number of hydrogen-bond donors (Lipinski definition) is 5. The van der Waals surface area contributed by atoms with Gasteiger partial charge in [-0.15, -0.1) is 0 Å². The SMILES string of the molecule is NC(=O)c1cc(F)c(N[C@@H]2CCCCC2N)nc1Nc1ccc2[nH]c(C(=O)N3CCOCC3)cc2c1. The third kappa shape index (κ3) is 4.98. The maximum absolute atomic E-state index is 14.8. The number of benzene rings is 1. The Morgan fingerprint density at radius 2 is 1.89 bits per heavy atom. The van der Waals surface area contributed by atoms with Gasteiger partial charge in [-0.25, -0.2) is 9.37 Å². The van der Waals surface area contributed by atoms with E-state index >= 15 is 0 Å². The average Bonchev–Trinajstić information content (AvgIpc) is 3.30. The van der Waals surface area contributed by atoms with Crippen LogP contribution in [-0.4, -0.2) is 65.1 Å². The zero-order valence-electron chi connectivity index (χ0n) is 19.9. The Hall–Kier alpha value is -3.70. The van der Waals surface area contributed by atoms with Crippen molar-refractivity contribution in [3.8, 4) is 0 Å². The van der Waals surface area contributed by atoms with Crippen molar-refractivity contribution >= 4 is 40.0 Å². The van der Waals surface area contributed by atoms with Crippen LogP contribution in [0.25, 0.3) is 10.9 Å². The number of pyridine rings is 1. The molecule has 3 aromatic rings. The summed E-state index contributed by atoms with van der Waals surface area (Å²) in [6, 6.07) is 8.08. The van der Waals surface area contributed by atoms with Gasteiger partial charge in [0.15, 0.2) is 11.6 Å². The molecule has 1 aliphatic carbocycles. The molecule has 0 bridgehead atoms. The van der Waals surface area contributed by atoms with E-state index in [0.29, 0.717) is 37.7 Å². The molecule has 3 heterocycles. The van der Waals surface area contributed by atoms with E-state index in [9.17, 15) is 14.0 Å². The fraction of sp³-hybridized carbons (Fsp3) is 0.400. The number of nitrogens with one attached hydrogen (secondary N) is 3. The number of H-pyrrole nitrogens is 1. The Morgan fingerprint density at radius 1 is 1.11 bits per heavy atom. The number of carbonyl (C=O) groups excluding carboxylic acids is 2. The van der Waals surface area contributed by atoms with Crippen LogP contribution in [0.4, 0.5) is 21.7 Å². The quantitative estimate of drug-likeness (QED) is 0.353. The van der Waals surface area contributed by atoms with E-state index in [1.165, 1.54) is 0 Å². The molecule has 0 spiro atoms. The first-order valence-electron chi connectivity index (χ1n) is 12.2. The number of aromatic nitrogens is 2. The molecule has 7 N–H and O–H groups in total. The first-order valence-corrected chi connectivity index (χ1v) is 12.2. The van der Waals surface area contributed by atoms with Gasteiger partial charge in [-0.05, 0) is 43.2 Å². The van der Waals surface area contributed by atoms with Gasteiger partial charge in [-0.1, -0.05) is 12.8 Å². The van der Waals surface area contributed by atoms with Crippen LogP contribution in [0.15, 0.2) is 30.3 Å². The molecule has 36 heavy (non-hydrogen) atoms. The van der Waals surface area contributed by atoms with Crippen LogP contribution in [-0.2, 0) is 4.74 Å². The predicted octanol–water partition coefficient (Wildman–Crippen LogP) is 2.70. The normalized spacial score (nSPS) is 20.3. The topological polar surface area (TPSA) is 151 Å². The van der Waals surface area contributed by atoms with Crippen molar-refractivity contribution < 1.29 is 18.7 Å². The summed E-state index contributed by atoms with van der Waals surface area (Å²) in [6.07, 6.45) is 3.73. The molecule has 1 saturated heterocycles. The van der Waals surface area contributed by atoms with Gasteiger partial charge in [0.1, 0.15) is 11.5 Å². The monoisotopic (exact) mass is 495 g/mol. The fourth-order valence-electron chi connectivity index (χ4n) is 4.79. The number of nitrogens with zero attached hydrogens (tertiary/aromatic N) is 2. The summed E-state index contributed by atoms with van der Waals surface area (Å²) >= 11 is 0. The highest BCUT2D eigenvalue weighted by Gasteiger charge is 2.25. The van der Waals surface area contributed by atoms with E-state index < -0.39 is 11.7 Å². The molecule has 2 aromatic heterocycles. The van der Waals surface area contributed by atoms with Gasteiger partial charge in [0.2, 0.25) is 0 Å². The second-order valence-corrected chi connectivity index (χ2v) is 9.29. The lowest BCUT2D eigenvalue weighted by Crippen LogP contribution is -2.43. The fourth-order valence-corrected chi connectivity index (χ4v) is 4.79. The number of rotatable bonds is 6. The second kappa shape index (κ2) is 10.1. The summed E-state index contributed by atoms with van der Waals surface area (Å²) in [5.74, 6) is -1.40. The van der Waals surface area contributed by atoms with Crippen molar-refractivity contribution in [2.24, 2.45) is 11.5 Å². The largest absolute Gasteiger partial charge is 0.378 e. The average molecular weight is 496 g/mol. The molecule has 0 radical (unpaired) electrons. The number of fused-ring (bicyclic) bond motifs is 1. The lowest BCUT2D eigenvalue weighted by molar-refractivity contribution is 0.0299. The van der Waals surface area contributed by atoms with Crippen molar-refractivity contribution in [2.45, 2.75) is 37.8 Å². The van der Waals surface area contributed by atoms with Gasteiger partial charge in [-0.3, -0.25) is 9.59 Å². The Labute approximate surface area is 207 Å². The number of ether oxygens (including phenoxy) is 1. The molecule has 1 unspecified atom stereocenters. The Kier molecular flexibility index (Phi) is 6.75. The van der Waals surface area contributed by atoms with E-state index in [4.69, 9.17) is 16.2 Å². The summed E-state index contributed by atoms with van der Waals surface area (Å²) in [4.78, 5) is 34.1. The number of nitrogens with two attached hydrogens (primary N) is 2. The highest BCUT2D eigenvalue weighted by Crippen LogP contribution is 2.28. The molecule has 2 amide bonds. The molecule has 5 rings (SSSR count). The van der Waals surface area contributed by atoms with Crippen LogP contribution in [0.5, 0.6) is 0 Å². The highest BCUT2D eigenvalue weighted by molar-refractivity contribution is 6.00. The molecule has 2 atom stereocenters. The van der Waals surface area contributed by atoms with Crippen LogP contribution in [0.1, 0.15) is 46.5 Å². The van der Waals surface area contributed by atoms with E-state index in [2.05, 4.69) is 20.6 Å². The van der Waals surface area contributed by atoms with Crippen molar-refractivity contribution in [3.05, 3.63) is 47.4 Å². The molecule has 2 aliphatic rings. The van der Waals surface area contributed by atoms with Crippen LogP contribution in [0.2, 0.25) is 0 Å². The third-order valence-electron chi connectivity index (χ3n) is 6.80. The van der Waals surface area contributed by atoms with Gasteiger partial charge < -0.3 is 36.7 Å². The minimum Gasteiger partial charge on any atom is -0.378 e. The molecular formula is C25H30FN7O3. The summed E-state index contributed by atoms with van der Waals surface area (Å²) in [7, 11) is 0. The number of morpholine rings is 1. The van der Waals surface area contributed by atoms with Gasteiger partial charge in [-0.2, -0.15) is 0 Å². The molecule has 10 nitrogen and oxygen atoms in total. The second-order valence-electron chi connectivity index (χ2n) is 9.29. The van der Waals surface area contributed by atoms with E-state index in [-0.39, 0.29) is 35.2 Å². The van der Waals surface area contributed by atoms with Crippen molar-refractivity contribution in [3.63, 3.8) is 0 Å². The van der Waals surface area contributed by atoms with E-state index in [0.717, 1.165) is 42.7 Å². The Morgan fingerprint density at radius 3 is 2.64 bits per heavy atom. The Balaban J connectivity index is 1.40. The van der Waals surface area contributed by atoms with Crippen molar-refractivity contribution in [1.29, 1.82) is 0 Å². The van der Waals surface area contributed by atoms with Gasteiger partial charge in [0.25, 0.3) is 11.8 Å². The minimum atomic E-state index is -0.800. The van der Waals surface area contributed by atoms with Gasteiger partial charge >= 0.3 is 0 Å². The standard InChI is InChI=1S/C25H30FN7O3/c26-17-13-16(22(28)34)23(32-24(17)31-20-4-2-1-3-18(20)27)29-15-5-6-19-14(11-15)12-21(30-19)25(35)33-7-9-36-10-8-33/h5-6,11-13,18,20,30H,1-4,7-10,27H2,(H2,28,34)(H2,29,31,32)/t18?,20-/m1/s1. The number of anilines is 3. The van der Waals surface area contributed by atoms with Crippen LogP contribution in [0, 0.1) is 5.82 Å². The maximum Gasteiger partial charge on any atom is 0.270 e. The van der Waals surface area contributed by atoms with Crippen LogP contribution >= 0.6 is 0 Å². The van der Waals surface area contributed by atoms with Crippen molar-refractivity contribution in [2.75, 3.05) is 36.9 Å². The minimum absolute atomic E-state index is 0.0194. The number of aromatic amines is 1. The predicted molar refractivity (Wildman–Crippen MR) is 135 cm³/mol. The summed E-state index contributed by atoms with van der Waals surface area (Å²) in [5, 5.41) is 6.99. The number of carbonyl (C=O) groups is 2. The lowest BCUT2D eigenvalue weighted by Gasteiger charge is -2.30. The Bertz CT molecular complexity index is 1290. The zero-order chi connectivity index (χ0) is 25.2. The third-order valence-corrected chi connectivity index (χ3v) is 6.80. The molecule has 1 saturated carbocycles. The van der Waals surface area contributed by atoms with Crippen LogP contribution in [0.3, 0.4) is 0 Å². The molecule has 2 fully saturated rings. The molecule has 11 heteroatoms. The van der Waals surface area contributed by atoms with E-state index in [1.807, 2.05) is 12.1 Å². The molecule has 1 aromatic carbocycles. The number of amides is 2. The number of hydrogen-bond acceptors (Lipinski definition) is 7. The maximum atomic E-state index is 14.8. The number of halogens is 1. The summed E-state index contributed by atoms with van der Waals surface area (Å²) in [5.41, 5.74) is 13.5. The van der Waals surface area contributed by atoms with Gasteiger partial charge in [0.05, 0.1) is 18.8 Å². The summed E-state index contributed by atoms with van der Waals surface area (Å²) < 4.78 is 20.1. The molecule has 1 aliphatic heterocycles. The molecular weight excluding hydrogens is 465 g/mol. The first-order chi connectivity index (χ1) is 17.4. The van der Waals surface area contributed by atoms with E-state index in [1.54, 1.807) is 17.0 Å². The smallest absolute Gasteiger partial charge is 0.270 e.